The molecule has 2 aromatic rings. The van der Waals surface area contributed by atoms with Gasteiger partial charge in [-0.15, -0.1) is 0 Å². The van der Waals surface area contributed by atoms with Crippen molar-refractivity contribution >= 4 is 38.9 Å². The van der Waals surface area contributed by atoms with Gasteiger partial charge in [-0.3, -0.25) is 9.10 Å². The lowest BCUT2D eigenvalue weighted by atomic mass is 10.2. The first-order chi connectivity index (χ1) is 12.7. The van der Waals surface area contributed by atoms with Gasteiger partial charge in [-0.25, -0.2) is 8.42 Å². The zero-order chi connectivity index (χ0) is 20.2. The van der Waals surface area contributed by atoms with Crippen molar-refractivity contribution < 1.29 is 22.7 Å². The van der Waals surface area contributed by atoms with Gasteiger partial charge in [0.2, 0.25) is 15.9 Å². The summed E-state index contributed by atoms with van der Waals surface area (Å²) in [6.07, 6.45) is 1.03. The van der Waals surface area contributed by atoms with Crippen LogP contribution in [0.1, 0.15) is 6.92 Å². The number of nitrogens with zero attached hydrogens (tertiary/aromatic N) is 1. The highest BCUT2D eigenvalue weighted by molar-refractivity contribution is 7.92. The minimum Gasteiger partial charge on any atom is -0.497 e. The van der Waals surface area contributed by atoms with E-state index in [2.05, 4.69) is 5.32 Å². The van der Waals surface area contributed by atoms with Crippen molar-refractivity contribution in [1.82, 2.24) is 0 Å². The molecule has 0 saturated carbocycles. The van der Waals surface area contributed by atoms with Crippen molar-refractivity contribution in [3.63, 3.8) is 0 Å². The van der Waals surface area contributed by atoms with Gasteiger partial charge in [-0.05, 0) is 37.3 Å². The predicted octanol–water partition coefficient (Wildman–Crippen LogP) is 3.15. The highest BCUT2D eigenvalue weighted by Gasteiger charge is 2.29. The molecule has 0 radical (unpaired) electrons. The van der Waals surface area contributed by atoms with E-state index in [1.54, 1.807) is 36.4 Å². The standard InChI is InChI=1S/C18H21ClN2O5S/c1-12(21(27(4,23)24)14-7-5-6-13(19)10-14)18(22)20-16-11-15(25-2)8-9-17(16)26-3/h5-12H,1-4H3,(H,20,22)/t12-/m0/s1. The van der Waals surface area contributed by atoms with Gasteiger partial charge in [0, 0.05) is 11.1 Å². The molecule has 2 rings (SSSR count). The summed E-state index contributed by atoms with van der Waals surface area (Å²) in [5, 5.41) is 3.05. The summed E-state index contributed by atoms with van der Waals surface area (Å²) in [5.41, 5.74) is 0.665. The molecule has 9 heteroatoms. The van der Waals surface area contributed by atoms with Crippen molar-refractivity contribution in [2.24, 2.45) is 0 Å². The molecule has 7 nitrogen and oxygen atoms in total. The second kappa shape index (κ2) is 8.49. The SMILES string of the molecule is COc1ccc(OC)c(NC(=O)[C@H](C)N(c2cccc(Cl)c2)S(C)(=O)=O)c1. The molecule has 1 amide bonds. The third-order valence-electron chi connectivity index (χ3n) is 3.82. The number of amides is 1. The molecular weight excluding hydrogens is 392 g/mol. The molecule has 0 fully saturated rings. The molecule has 1 N–H and O–H groups in total. The van der Waals surface area contributed by atoms with Gasteiger partial charge >= 0.3 is 0 Å². The molecule has 0 heterocycles. The van der Waals surface area contributed by atoms with E-state index in [0.29, 0.717) is 27.9 Å². The first-order valence-corrected chi connectivity index (χ1v) is 10.2. The maximum atomic E-state index is 12.8. The van der Waals surface area contributed by atoms with E-state index in [1.165, 1.54) is 27.2 Å². The second-order valence-corrected chi connectivity index (χ2v) is 8.07. The van der Waals surface area contributed by atoms with Crippen LogP contribution in [0.2, 0.25) is 5.02 Å². The molecule has 2 aromatic carbocycles. The topological polar surface area (TPSA) is 84.9 Å². The predicted molar refractivity (Wildman–Crippen MR) is 106 cm³/mol. The van der Waals surface area contributed by atoms with Gasteiger partial charge in [-0.1, -0.05) is 17.7 Å². The molecule has 0 saturated heterocycles. The first-order valence-electron chi connectivity index (χ1n) is 7.95. The highest BCUT2D eigenvalue weighted by Crippen LogP contribution is 2.30. The zero-order valence-corrected chi connectivity index (χ0v) is 17.0. The number of nitrogens with one attached hydrogen (secondary N) is 1. The van der Waals surface area contributed by atoms with Crippen LogP contribution in [0, 0.1) is 0 Å². The van der Waals surface area contributed by atoms with Crippen LogP contribution in [0.25, 0.3) is 0 Å². The maximum absolute atomic E-state index is 12.8. The zero-order valence-electron chi connectivity index (χ0n) is 15.4. The molecule has 0 bridgehead atoms. The third-order valence-corrected chi connectivity index (χ3v) is 5.29. The average Bonchev–Trinajstić information content (AvgIpc) is 2.60. The van der Waals surface area contributed by atoms with Crippen LogP contribution in [0.3, 0.4) is 0 Å². The van der Waals surface area contributed by atoms with Crippen LogP contribution < -0.4 is 19.1 Å². The fraction of sp³-hybridized carbons (Fsp3) is 0.278. The Morgan fingerprint density at radius 1 is 1.15 bits per heavy atom. The van der Waals surface area contributed by atoms with Crippen LogP contribution in [-0.4, -0.2) is 40.8 Å². The Hall–Kier alpha value is -2.45. The Balaban J connectivity index is 2.36. The normalized spacial score (nSPS) is 12.2. The number of sulfonamides is 1. The molecule has 0 aliphatic carbocycles. The van der Waals surface area contributed by atoms with Crippen LogP contribution in [0.4, 0.5) is 11.4 Å². The fourth-order valence-corrected chi connectivity index (χ4v) is 3.92. The maximum Gasteiger partial charge on any atom is 0.248 e. The lowest BCUT2D eigenvalue weighted by molar-refractivity contribution is -0.116. The first kappa shape index (κ1) is 20.9. The Morgan fingerprint density at radius 3 is 2.41 bits per heavy atom. The quantitative estimate of drug-likeness (QED) is 0.755. The minimum atomic E-state index is -3.74. The van der Waals surface area contributed by atoms with Crippen LogP contribution in [0.5, 0.6) is 11.5 Å². The number of hydrogen-bond donors (Lipinski definition) is 1. The van der Waals surface area contributed by atoms with Crippen LogP contribution in [-0.2, 0) is 14.8 Å². The van der Waals surface area contributed by atoms with E-state index in [-0.39, 0.29) is 0 Å². The summed E-state index contributed by atoms with van der Waals surface area (Å²) in [6.45, 7) is 1.49. The molecule has 0 aromatic heterocycles. The van der Waals surface area contributed by atoms with Crippen molar-refractivity contribution in [1.29, 1.82) is 0 Å². The number of carbonyl (C=O) groups excluding carboxylic acids is 1. The van der Waals surface area contributed by atoms with E-state index < -0.39 is 22.0 Å². The molecule has 27 heavy (non-hydrogen) atoms. The van der Waals surface area contributed by atoms with Crippen molar-refractivity contribution in [2.75, 3.05) is 30.1 Å². The molecule has 0 aliphatic rings. The summed E-state index contributed by atoms with van der Waals surface area (Å²) in [6, 6.07) is 10.2. The van der Waals surface area contributed by atoms with Gasteiger partial charge in [0.25, 0.3) is 0 Å². The number of hydrogen-bond acceptors (Lipinski definition) is 5. The molecule has 146 valence electrons. The van der Waals surface area contributed by atoms with Gasteiger partial charge < -0.3 is 14.8 Å². The second-order valence-electron chi connectivity index (χ2n) is 5.77. The number of halogens is 1. The number of carbonyl (C=O) groups is 1. The molecule has 0 spiro atoms. The Morgan fingerprint density at radius 2 is 1.85 bits per heavy atom. The number of anilines is 2. The summed E-state index contributed by atoms with van der Waals surface area (Å²) < 4.78 is 36.0. The van der Waals surface area contributed by atoms with Crippen molar-refractivity contribution in [3.8, 4) is 11.5 Å². The van der Waals surface area contributed by atoms with Gasteiger partial charge in [0.15, 0.2) is 0 Å². The molecular formula is C18H21ClN2O5S. The number of rotatable bonds is 7. The van der Waals surface area contributed by atoms with Gasteiger partial charge in [0.1, 0.15) is 17.5 Å². The van der Waals surface area contributed by atoms with E-state index in [4.69, 9.17) is 21.1 Å². The molecule has 0 unspecified atom stereocenters. The number of methoxy groups -OCH3 is 2. The summed E-state index contributed by atoms with van der Waals surface area (Å²) in [4.78, 5) is 12.8. The Kier molecular flexibility index (Phi) is 6.56. The minimum absolute atomic E-state index is 0.297. The van der Waals surface area contributed by atoms with Crippen molar-refractivity contribution in [3.05, 3.63) is 47.5 Å². The van der Waals surface area contributed by atoms with Gasteiger partial charge in [-0.2, -0.15) is 0 Å². The van der Waals surface area contributed by atoms with Crippen LogP contribution in [0.15, 0.2) is 42.5 Å². The Bertz CT molecular complexity index is 933. The van der Waals surface area contributed by atoms with Crippen LogP contribution >= 0.6 is 11.6 Å². The highest BCUT2D eigenvalue weighted by atomic mass is 35.5. The smallest absolute Gasteiger partial charge is 0.248 e. The third kappa shape index (κ3) is 5.05. The average molecular weight is 413 g/mol. The monoisotopic (exact) mass is 412 g/mol. The van der Waals surface area contributed by atoms with E-state index >= 15 is 0 Å². The lowest BCUT2D eigenvalue weighted by Gasteiger charge is -2.28. The van der Waals surface area contributed by atoms with E-state index in [9.17, 15) is 13.2 Å². The van der Waals surface area contributed by atoms with E-state index in [0.717, 1.165) is 10.6 Å². The lowest BCUT2D eigenvalue weighted by Crippen LogP contribution is -2.45. The molecule has 0 aliphatic heterocycles. The van der Waals surface area contributed by atoms with E-state index in [1.807, 2.05) is 0 Å². The number of benzene rings is 2. The van der Waals surface area contributed by atoms with Crippen molar-refractivity contribution in [2.45, 2.75) is 13.0 Å². The summed E-state index contributed by atoms with van der Waals surface area (Å²) >= 11 is 5.97. The fourth-order valence-electron chi connectivity index (χ4n) is 2.57. The number of ether oxygens (including phenoxy) is 2. The summed E-state index contributed by atoms with van der Waals surface area (Å²) in [5.74, 6) is 0.408. The van der Waals surface area contributed by atoms with Gasteiger partial charge in [0.05, 0.1) is 31.9 Å². The Labute approximate surface area is 163 Å². The molecule has 1 atom stereocenters. The largest absolute Gasteiger partial charge is 0.497 e. The summed E-state index contributed by atoms with van der Waals surface area (Å²) in [7, 11) is -0.773.